The Balaban J connectivity index is 1.41. The molecule has 0 aliphatic heterocycles. The van der Waals surface area contributed by atoms with Gasteiger partial charge in [-0.05, 0) is 47.0 Å². The van der Waals surface area contributed by atoms with Crippen LogP contribution in [0, 0.1) is 0 Å². The van der Waals surface area contributed by atoms with Crippen LogP contribution in [-0.2, 0) is 13.1 Å². The van der Waals surface area contributed by atoms with E-state index in [0.717, 1.165) is 38.0 Å². The van der Waals surface area contributed by atoms with Crippen molar-refractivity contribution in [3.05, 3.63) is 45.0 Å². The van der Waals surface area contributed by atoms with E-state index in [9.17, 15) is 0 Å². The minimum absolute atomic E-state index is 0.762. The molecule has 2 aromatic heterocycles. The lowest BCUT2D eigenvalue weighted by Crippen LogP contribution is -2.33. The second kappa shape index (κ2) is 6.89. The van der Waals surface area contributed by atoms with Crippen LogP contribution in [0.25, 0.3) is 0 Å². The van der Waals surface area contributed by atoms with Gasteiger partial charge in [-0.15, -0.1) is 11.3 Å². The van der Waals surface area contributed by atoms with Crippen molar-refractivity contribution in [1.29, 1.82) is 0 Å². The van der Waals surface area contributed by atoms with Crippen LogP contribution < -0.4 is 5.32 Å². The Morgan fingerprint density at radius 1 is 1.45 bits per heavy atom. The zero-order chi connectivity index (χ0) is 13.8. The zero-order valence-corrected chi connectivity index (χ0v) is 13.8. The highest BCUT2D eigenvalue weighted by molar-refractivity contribution is 9.10. The molecule has 0 spiro atoms. The number of hydrogen-bond donors (Lipinski definition) is 1. The summed E-state index contributed by atoms with van der Waals surface area (Å²) in [4.78, 5) is 3.90. The number of thiophene rings is 1. The lowest BCUT2D eigenvalue weighted by Gasteiger charge is -2.20. The lowest BCUT2D eigenvalue weighted by atomic mass is 10.3. The third kappa shape index (κ3) is 4.19. The average molecular weight is 355 g/mol. The molecular weight excluding hydrogens is 336 g/mol. The Bertz CT molecular complexity index is 522. The highest BCUT2D eigenvalue weighted by Gasteiger charge is 2.28. The maximum atomic E-state index is 5.45. The Labute approximate surface area is 132 Å². The Hall–Kier alpha value is -0.620. The molecular formula is C15H19BrN2OS. The van der Waals surface area contributed by atoms with E-state index in [1.54, 1.807) is 17.6 Å². The second-order valence-electron chi connectivity index (χ2n) is 5.19. The molecule has 2 heterocycles. The number of furan rings is 1. The summed E-state index contributed by atoms with van der Waals surface area (Å²) in [7, 11) is 0. The van der Waals surface area contributed by atoms with Gasteiger partial charge in [-0.3, -0.25) is 4.90 Å². The normalized spacial score (nSPS) is 15.1. The molecule has 0 atom stereocenters. The molecule has 1 saturated carbocycles. The van der Waals surface area contributed by atoms with Gasteiger partial charge in [0, 0.05) is 40.4 Å². The summed E-state index contributed by atoms with van der Waals surface area (Å²) in [5.74, 6) is 1.07. The fourth-order valence-electron chi connectivity index (χ4n) is 2.31. The molecule has 5 heteroatoms. The summed E-state index contributed by atoms with van der Waals surface area (Å²) in [5, 5.41) is 5.65. The van der Waals surface area contributed by atoms with Crippen molar-refractivity contribution < 1.29 is 4.42 Å². The summed E-state index contributed by atoms with van der Waals surface area (Å²) >= 11 is 5.28. The van der Waals surface area contributed by atoms with E-state index >= 15 is 0 Å². The van der Waals surface area contributed by atoms with E-state index in [4.69, 9.17) is 4.42 Å². The standard InChI is InChI=1S/C15H19BrN2OS/c16-12-8-15(20-11-12)9-17-5-6-18(13-3-4-13)10-14-2-1-7-19-14/h1-2,7-8,11,13,17H,3-6,9-10H2. The first-order valence-corrected chi connectivity index (χ1v) is 8.68. The van der Waals surface area contributed by atoms with Crippen LogP contribution in [-0.4, -0.2) is 24.0 Å². The Morgan fingerprint density at radius 3 is 3.00 bits per heavy atom. The van der Waals surface area contributed by atoms with Crippen LogP contribution in [0.4, 0.5) is 0 Å². The molecule has 3 rings (SSSR count). The predicted octanol–water partition coefficient (Wildman–Crippen LogP) is 3.86. The van der Waals surface area contributed by atoms with E-state index in [1.807, 2.05) is 6.07 Å². The predicted molar refractivity (Wildman–Crippen MR) is 85.9 cm³/mol. The summed E-state index contributed by atoms with van der Waals surface area (Å²) in [6.45, 7) is 3.99. The van der Waals surface area contributed by atoms with E-state index in [2.05, 4.69) is 43.7 Å². The monoisotopic (exact) mass is 354 g/mol. The quantitative estimate of drug-likeness (QED) is 0.729. The van der Waals surface area contributed by atoms with Gasteiger partial charge >= 0.3 is 0 Å². The molecule has 20 heavy (non-hydrogen) atoms. The van der Waals surface area contributed by atoms with Crippen molar-refractivity contribution in [2.24, 2.45) is 0 Å². The van der Waals surface area contributed by atoms with Gasteiger partial charge in [0.25, 0.3) is 0 Å². The minimum Gasteiger partial charge on any atom is -0.468 e. The molecule has 0 bridgehead atoms. The third-order valence-corrected chi connectivity index (χ3v) is 5.20. The summed E-state index contributed by atoms with van der Waals surface area (Å²) < 4.78 is 6.63. The molecule has 0 saturated heterocycles. The maximum Gasteiger partial charge on any atom is 0.117 e. The van der Waals surface area contributed by atoms with Crippen molar-refractivity contribution in [2.45, 2.75) is 32.0 Å². The van der Waals surface area contributed by atoms with Crippen molar-refractivity contribution in [3.8, 4) is 0 Å². The van der Waals surface area contributed by atoms with E-state index in [1.165, 1.54) is 22.2 Å². The van der Waals surface area contributed by atoms with E-state index in [0.29, 0.717) is 0 Å². The van der Waals surface area contributed by atoms with Gasteiger partial charge < -0.3 is 9.73 Å². The largest absolute Gasteiger partial charge is 0.468 e. The topological polar surface area (TPSA) is 28.4 Å². The number of hydrogen-bond acceptors (Lipinski definition) is 4. The summed E-state index contributed by atoms with van der Waals surface area (Å²) in [6.07, 6.45) is 4.42. The molecule has 3 nitrogen and oxygen atoms in total. The molecule has 2 aromatic rings. The molecule has 0 aromatic carbocycles. The van der Waals surface area contributed by atoms with E-state index < -0.39 is 0 Å². The second-order valence-corrected chi connectivity index (χ2v) is 7.10. The highest BCUT2D eigenvalue weighted by atomic mass is 79.9. The van der Waals surface area contributed by atoms with Crippen LogP contribution in [0.1, 0.15) is 23.5 Å². The van der Waals surface area contributed by atoms with Gasteiger partial charge in [0.15, 0.2) is 0 Å². The molecule has 1 N–H and O–H groups in total. The molecule has 0 unspecified atom stereocenters. The van der Waals surface area contributed by atoms with Gasteiger partial charge in [-0.2, -0.15) is 0 Å². The summed E-state index contributed by atoms with van der Waals surface area (Å²) in [5.41, 5.74) is 0. The van der Waals surface area contributed by atoms with Crippen LogP contribution in [0.3, 0.4) is 0 Å². The van der Waals surface area contributed by atoms with Crippen LogP contribution >= 0.6 is 27.3 Å². The van der Waals surface area contributed by atoms with Gasteiger partial charge in [0.2, 0.25) is 0 Å². The SMILES string of the molecule is Brc1csc(CNCCN(Cc2ccco2)C2CC2)c1. The molecule has 1 aliphatic carbocycles. The Kier molecular flexibility index (Phi) is 4.94. The number of nitrogens with zero attached hydrogens (tertiary/aromatic N) is 1. The van der Waals surface area contributed by atoms with Gasteiger partial charge in [-0.25, -0.2) is 0 Å². The fraction of sp³-hybridized carbons (Fsp3) is 0.467. The van der Waals surface area contributed by atoms with Crippen LogP contribution in [0.2, 0.25) is 0 Å². The maximum absolute atomic E-state index is 5.45. The van der Waals surface area contributed by atoms with Crippen molar-refractivity contribution in [3.63, 3.8) is 0 Å². The third-order valence-electron chi connectivity index (χ3n) is 3.50. The zero-order valence-electron chi connectivity index (χ0n) is 11.3. The van der Waals surface area contributed by atoms with Gasteiger partial charge in [0.1, 0.15) is 5.76 Å². The van der Waals surface area contributed by atoms with Crippen molar-refractivity contribution in [2.75, 3.05) is 13.1 Å². The summed E-state index contributed by atoms with van der Waals surface area (Å²) in [6, 6.07) is 6.97. The van der Waals surface area contributed by atoms with Crippen molar-refractivity contribution in [1.82, 2.24) is 10.2 Å². The lowest BCUT2D eigenvalue weighted by molar-refractivity contribution is 0.234. The molecule has 108 valence electrons. The number of nitrogens with one attached hydrogen (secondary N) is 1. The minimum atomic E-state index is 0.762. The first-order chi connectivity index (χ1) is 9.81. The molecule has 1 aliphatic rings. The van der Waals surface area contributed by atoms with Crippen LogP contribution in [0.5, 0.6) is 0 Å². The smallest absolute Gasteiger partial charge is 0.117 e. The number of halogens is 1. The van der Waals surface area contributed by atoms with Crippen LogP contribution in [0.15, 0.2) is 38.7 Å². The molecule has 0 radical (unpaired) electrons. The van der Waals surface area contributed by atoms with Gasteiger partial charge in [0.05, 0.1) is 12.8 Å². The average Bonchev–Trinajstić information content (AvgIpc) is 3.00. The fourth-order valence-corrected chi connectivity index (χ4v) is 3.73. The molecule has 0 amide bonds. The van der Waals surface area contributed by atoms with Crippen molar-refractivity contribution >= 4 is 27.3 Å². The Morgan fingerprint density at radius 2 is 2.35 bits per heavy atom. The van der Waals surface area contributed by atoms with Gasteiger partial charge in [-0.1, -0.05) is 0 Å². The number of rotatable bonds is 8. The van der Waals surface area contributed by atoms with E-state index in [-0.39, 0.29) is 0 Å². The first kappa shape index (κ1) is 14.3. The molecule has 1 fully saturated rings. The first-order valence-electron chi connectivity index (χ1n) is 7.01. The highest BCUT2D eigenvalue weighted by Crippen LogP contribution is 2.28.